The third-order valence-electron chi connectivity index (χ3n) is 0.743. The Kier molecular flexibility index (Phi) is 12.3. The van der Waals surface area contributed by atoms with Gasteiger partial charge < -0.3 is 17.7 Å². The van der Waals surface area contributed by atoms with Crippen molar-refractivity contribution in [1.29, 1.82) is 5.26 Å². The third-order valence-corrected chi connectivity index (χ3v) is 0.743. The second-order valence-electron chi connectivity index (χ2n) is 1.40. The summed E-state index contributed by atoms with van der Waals surface area (Å²) >= 11 is 3.70. The summed E-state index contributed by atoms with van der Waals surface area (Å²) in [6.45, 7) is 0. The van der Waals surface area contributed by atoms with Crippen LogP contribution in [0.5, 0.6) is 5.75 Å². The molecule has 0 aromatic heterocycles. The number of nitriles is 1. The molecule has 2 nitrogen and oxygen atoms in total. The van der Waals surface area contributed by atoms with Gasteiger partial charge in [0.05, 0.1) is 0 Å². The summed E-state index contributed by atoms with van der Waals surface area (Å²) in [6.07, 6.45) is 0. The predicted octanol–water partition coefficient (Wildman–Crippen LogP) is 0.394. The van der Waals surface area contributed by atoms with Gasteiger partial charge in [0.1, 0.15) is 0 Å². The molecule has 0 fully saturated rings. The Balaban J connectivity index is 0. The Morgan fingerprint density at radius 3 is 1.82 bits per heavy atom. The maximum atomic E-state index is 10.3. The third kappa shape index (κ3) is 9.99. The summed E-state index contributed by atoms with van der Waals surface area (Å²) in [4.78, 5) is 0. The van der Waals surface area contributed by atoms with E-state index in [0.29, 0.717) is 0 Å². The zero-order valence-corrected chi connectivity index (χ0v) is 8.88. The molecular formula is C7H5CaNOS. The van der Waals surface area contributed by atoms with Gasteiger partial charge in [-0.2, -0.15) is 0 Å². The SMILES string of the molecule is N#C[S-].[Ca+2].[O-]c1ccccc1. The Hall–Kier alpha value is -0.0103. The Bertz CT molecular complexity index is 209. The standard InChI is InChI=1S/C6H6O.CHNS.Ca/c7-6-4-2-1-3-5-6;2-1-3;/h1-5,7H;3H;/q;;+2/p-2. The first-order chi connectivity index (χ1) is 4.81. The number of hydrogen-bond donors (Lipinski definition) is 0. The molecule has 0 aliphatic heterocycles. The van der Waals surface area contributed by atoms with Crippen LogP contribution in [0.15, 0.2) is 30.3 Å². The Labute approximate surface area is 101 Å². The molecule has 0 saturated heterocycles. The normalized spacial score (nSPS) is 6.09. The van der Waals surface area contributed by atoms with Crippen molar-refractivity contribution >= 4 is 50.4 Å². The number of benzene rings is 1. The van der Waals surface area contributed by atoms with Crippen molar-refractivity contribution in [3.8, 4) is 11.2 Å². The first-order valence-electron chi connectivity index (χ1n) is 2.54. The topological polar surface area (TPSA) is 46.8 Å². The molecule has 0 aliphatic carbocycles. The Morgan fingerprint density at radius 2 is 1.64 bits per heavy atom. The smallest absolute Gasteiger partial charge is 0.872 e. The van der Waals surface area contributed by atoms with E-state index in [2.05, 4.69) is 12.6 Å². The van der Waals surface area contributed by atoms with Crippen molar-refractivity contribution < 1.29 is 5.11 Å². The average Bonchev–Trinajstić information content (AvgIpc) is 1.91. The van der Waals surface area contributed by atoms with Gasteiger partial charge >= 0.3 is 37.7 Å². The number of thiocyanates is 1. The number of para-hydroxylation sites is 1. The van der Waals surface area contributed by atoms with Gasteiger partial charge in [-0.05, 0) is 0 Å². The molecule has 0 atom stereocenters. The van der Waals surface area contributed by atoms with Crippen LogP contribution in [-0.2, 0) is 12.6 Å². The van der Waals surface area contributed by atoms with Gasteiger partial charge in [0.15, 0.2) is 0 Å². The fraction of sp³-hybridized carbons (Fsp3) is 0. The molecule has 0 amide bonds. The van der Waals surface area contributed by atoms with Crippen LogP contribution < -0.4 is 5.11 Å². The van der Waals surface area contributed by atoms with Gasteiger partial charge in [-0.3, -0.25) is 0 Å². The van der Waals surface area contributed by atoms with Crippen LogP contribution in [0.25, 0.3) is 0 Å². The largest absolute Gasteiger partial charge is 2.00 e. The number of rotatable bonds is 0. The van der Waals surface area contributed by atoms with Crippen LogP contribution in [0.4, 0.5) is 0 Å². The van der Waals surface area contributed by atoms with Crippen molar-refractivity contribution in [3.05, 3.63) is 30.3 Å². The molecule has 0 unspecified atom stereocenters. The summed E-state index contributed by atoms with van der Waals surface area (Å²) in [7, 11) is 0. The van der Waals surface area contributed by atoms with Crippen LogP contribution in [0.1, 0.15) is 0 Å². The van der Waals surface area contributed by atoms with E-state index in [-0.39, 0.29) is 43.5 Å². The molecule has 4 heteroatoms. The summed E-state index contributed by atoms with van der Waals surface area (Å²) in [6, 6.07) is 8.33. The van der Waals surface area contributed by atoms with E-state index in [1.807, 2.05) is 6.07 Å². The summed E-state index contributed by atoms with van der Waals surface area (Å²) in [5, 5.41) is 18.7. The van der Waals surface area contributed by atoms with Gasteiger partial charge in [0, 0.05) is 0 Å². The van der Waals surface area contributed by atoms with E-state index < -0.39 is 0 Å². The minimum Gasteiger partial charge on any atom is -0.872 e. The van der Waals surface area contributed by atoms with Crippen molar-refractivity contribution in [1.82, 2.24) is 0 Å². The molecule has 52 valence electrons. The zero-order valence-electron chi connectivity index (χ0n) is 5.86. The molecule has 0 aliphatic rings. The molecule has 11 heavy (non-hydrogen) atoms. The molecule has 0 radical (unpaired) electrons. The number of nitrogens with zero attached hydrogens (tertiary/aromatic N) is 1. The molecule has 0 saturated carbocycles. The van der Waals surface area contributed by atoms with Crippen molar-refractivity contribution in [2.45, 2.75) is 0 Å². The average molecular weight is 191 g/mol. The van der Waals surface area contributed by atoms with Crippen LogP contribution in [0.3, 0.4) is 0 Å². The van der Waals surface area contributed by atoms with Gasteiger partial charge in [-0.1, -0.05) is 35.7 Å². The molecule has 0 heterocycles. The van der Waals surface area contributed by atoms with Crippen molar-refractivity contribution in [3.63, 3.8) is 0 Å². The summed E-state index contributed by atoms with van der Waals surface area (Å²) in [5.74, 6) is 0.0718. The van der Waals surface area contributed by atoms with Gasteiger partial charge in [0.2, 0.25) is 0 Å². The van der Waals surface area contributed by atoms with Gasteiger partial charge in [-0.25, -0.2) is 5.26 Å². The van der Waals surface area contributed by atoms with Crippen molar-refractivity contribution in [2.24, 2.45) is 0 Å². The zero-order chi connectivity index (χ0) is 7.82. The molecular weight excluding hydrogens is 186 g/mol. The monoisotopic (exact) mass is 191 g/mol. The minimum absolute atomic E-state index is 0. The maximum absolute atomic E-state index is 10.3. The predicted molar refractivity (Wildman–Crippen MR) is 44.6 cm³/mol. The van der Waals surface area contributed by atoms with Gasteiger partial charge in [0.25, 0.3) is 0 Å². The van der Waals surface area contributed by atoms with Crippen LogP contribution in [0.2, 0.25) is 0 Å². The Morgan fingerprint density at radius 1 is 1.27 bits per heavy atom. The number of hydrogen-bond acceptors (Lipinski definition) is 3. The van der Waals surface area contributed by atoms with Crippen LogP contribution in [0, 0.1) is 10.7 Å². The molecule has 0 bridgehead atoms. The maximum Gasteiger partial charge on any atom is 2.00 e. The molecule has 1 aromatic carbocycles. The molecule has 1 aromatic rings. The molecule has 1 rings (SSSR count). The van der Waals surface area contributed by atoms with E-state index in [1.165, 1.54) is 17.5 Å². The van der Waals surface area contributed by atoms with Gasteiger partial charge in [-0.15, -0.1) is 5.75 Å². The van der Waals surface area contributed by atoms with E-state index in [9.17, 15) is 5.11 Å². The van der Waals surface area contributed by atoms with E-state index in [1.54, 1.807) is 12.1 Å². The van der Waals surface area contributed by atoms with E-state index in [0.717, 1.165) is 0 Å². The fourth-order valence-electron chi connectivity index (χ4n) is 0.420. The second-order valence-corrected chi connectivity index (χ2v) is 1.59. The van der Waals surface area contributed by atoms with Crippen LogP contribution in [-0.4, -0.2) is 37.7 Å². The summed E-state index contributed by atoms with van der Waals surface area (Å²) in [5.41, 5.74) is 0. The first kappa shape index (κ1) is 13.6. The van der Waals surface area contributed by atoms with E-state index in [4.69, 9.17) is 5.26 Å². The fourth-order valence-corrected chi connectivity index (χ4v) is 0.420. The van der Waals surface area contributed by atoms with E-state index >= 15 is 0 Å². The van der Waals surface area contributed by atoms with Crippen LogP contribution >= 0.6 is 0 Å². The second kappa shape index (κ2) is 9.99. The summed E-state index contributed by atoms with van der Waals surface area (Å²) < 4.78 is 0. The first-order valence-corrected chi connectivity index (χ1v) is 2.95. The quantitative estimate of drug-likeness (QED) is 0.338. The molecule has 0 N–H and O–H groups in total. The molecule has 0 spiro atoms. The van der Waals surface area contributed by atoms with Crippen molar-refractivity contribution in [2.75, 3.05) is 0 Å². The minimum atomic E-state index is 0.